The smallest absolute Gasteiger partial charge is 0.475 e. The first-order valence-corrected chi connectivity index (χ1v) is 10.1. The second kappa shape index (κ2) is 10.4. The lowest BCUT2D eigenvalue weighted by Gasteiger charge is -2.26. The molecule has 0 bridgehead atoms. The number of carboxylic acids is 1. The average molecular weight is 466 g/mol. The zero-order valence-corrected chi connectivity index (χ0v) is 18.9. The molecule has 1 amide bonds. The summed E-state index contributed by atoms with van der Waals surface area (Å²) in [7, 11) is 0. The lowest BCUT2D eigenvalue weighted by molar-refractivity contribution is -0.192. The fourth-order valence-corrected chi connectivity index (χ4v) is 2.94. The van der Waals surface area contributed by atoms with Gasteiger partial charge in [0.2, 0.25) is 5.89 Å². The maximum atomic E-state index is 13.4. The molecule has 0 fully saturated rings. The van der Waals surface area contributed by atoms with Crippen molar-refractivity contribution in [3.05, 3.63) is 52.8 Å². The zero-order valence-electron chi connectivity index (χ0n) is 18.9. The van der Waals surface area contributed by atoms with E-state index in [1.165, 1.54) is 0 Å². The number of halogens is 3. The topological polar surface area (TPSA) is 109 Å². The van der Waals surface area contributed by atoms with Crippen LogP contribution >= 0.6 is 0 Å². The minimum absolute atomic E-state index is 0.00666. The third-order valence-corrected chi connectivity index (χ3v) is 4.58. The third kappa shape index (κ3) is 6.74. The first kappa shape index (κ1) is 25.8. The second-order valence-electron chi connectivity index (χ2n) is 7.62. The maximum Gasteiger partial charge on any atom is 0.490 e. The van der Waals surface area contributed by atoms with Crippen molar-refractivity contribution in [1.82, 2.24) is 20.0 Å². The molecule has 33 heavy (non-hydrogen) atoms. The molecule has 0 radical (unpaired) electrons. The number of hydrogen-bond donors (Lipinski definition) is 1. The van der Waals surface area contributed by atoms with Crippen LogP contribution in [0.2, 0.25) is 0 Å². The number of rotatable bonds is 5. The Labute approximate surface area is 188 Å². The number of alkyl halides is 3. The summed E-state index contributed by atoms with van der Waals surface area (Å²) in [5.74, 6) is -1.71. The molecule has 0 spiro atoms. The quantitative estimate of drug-likeness (QED) is 0.590. The first-order valence-electron chi connectivity index (χ1n) is 10.1. The molecule has 0 saturated heterocycles. The van der Waals surface area contributed by atoms with Gasteiger partial charge >= 0.3 is 12.1 Å². The van der Waals surface area contributed by atoms with Crippen LogP contribution < -0.4 is 0 Å². The highest BCUT2D eigenvalue weighted by atomic mass is 19.4. The number of amides is 1. The van der Waals surface area contributed by atoms with Crippen LogP contribution in [-0.2, 0) is 17.8 Å². The summed E-state index contributed by atoms with van der Waals surface area (Å²) in [6, 6.07) is 7.82. The van der Waals surface area contributed by atoms with Crippen LogP contribution in [0.3, 0.4) is 0 Å². The molecule has 2 aromatic heterocycles. The van der Waals surface area contributed by atoms with Gasteiger partial charge in [-0.15, -0.1) is 0 Å². The fourth-order valence-electron chi connectivity index (χ4n) is 2.94. The number of carbonyl (C=O) groups excluding carboxylic acids is 1. The Morgan fingerprint density at radius 3 is 2.30 bits per heavy atom. The molecule has 3 aromatic rings. The van der Waals surface area contributed by atoms with E-state index in [0.717, 1.165) is 22.2 Å². The van der Waals surface area contributed by atoms with E-state index in [4.69, 9.17) is 14.4 Å². The average Bonchev–Trinajstić information content (AvgIpc) is 3.18. The van der Waals surface area contributed by atoms with E-state index in [1.807, 2.05) is 58.9 Å². The number of aryl methyl sites for hydroxylation is 3. The van der Waals surface area contributed by atoms with Gasteiger partial charge < -0.3 is 14.5 Å². The molecule has 0 saturated carbocycles. The van der Waals surface area contributed by atoms with Crippen molar-refractivity contribution in [2.75, 3.05) is 0 Å². The molecule has 2 heterocycles. The van der Waals surface area contributed by atoms with Gasteiger partial charge in [-0.25, -0.2) is 4.79 Å². The Morgan fingerprint density at radius 1 is 1.15 bits per heavy atom. The summed E-state index contributed by atoms with van der Waals surface area (Å²) in [4.78, 5) is 32.9. The van der Waals surface area contributed by atoms with Gasteiger partial charge in [0.15, 0.2) is 5.82 Å². The Kier molecular flexibility index (Phi) is 8.13. The summed E-state index contributed by atoms with van der Waals surface area (Å²) in [5.41, 5.74) is 3.39. The number of hydrogen-bond acceptors (Lipinski definition) is 6. The van der Waals surface area contributed by atoms with Crippen molar-refractivity contribution < 1.29 is 32.4 Å². The molecule has 3 rings (SSSR count). The zero-order chi connectivity index (χ0) is 24.9. The monoisotopic (exact) mass is 466 g/mol. The number of pyridine rings is 1. The van der Waals surface area contributed by atoms with Crippen LogP contribution in [0.15, 0.2) is 28.8 Å². The van der Waals surface area contributed by atoms with Crippen molar-refractivity contribution >= 4 is 22.8 Å². The lowest BCUT2D eigenvalue weighted by atomic mass is 10.0. The van der Waals surface area contributed by atoms with Gasteiger partial charge in [-0.2, -0.15) is 18.2 Å². The summed E-state index contributed by atoms with van der Waals surface area (Å²) in [6.07, 6.45) is -4.38. The van der Waals surface area contributed by atoms with Gasteiger partial charge in [-0.3, -0.25) is 9.78 Å². The van der Waals surface area contributed by atoms with Gasteiger partial charge in [0.1, 0.15) is 6.54 Å². The molecule has 0 aliphatic rings. The predicted octanol–water partition coefficient (Wildman–Crippen LogP) is 4.48. The standard InChI is InChI=1S/C20H24N4O2.C2HF3O2/c1-6-18-22-19(26-23-18)11-24(12(2)3)20(25)16-10-14(5)21-17-8-7-13(4)9-15(16)17;3-2(4,5)1(6)7/h7-10,12H,6,11H2,1-5H3;(H,6,7). The molecule has 0 atom stereocenters. The second-order valence-corrected chi connectivity index (χ2v) is 7.62. The number of aliphatic carboxylic acids is 1. The van der Waals surface area contributed by atoms with Crippen molar-refractivity contribution in [3.8, 4) is 0 Å². The Hall–Kier alpha value is -3.50. The van der Waals surface area contributed by atoms with Gasteiger partial charge in [0.05, 0.1) is 11.1 Å². The molecule has 0 aliphatic heterocycles. The molecule has 11 heteroatoms. The molecule has 8 nitrogen and oxygen atoms in total. The minimum atomic E-state index is -5.08. The Morgan fingerprint density at radius 2 is 1.79 bits per heavy atom. The maximum absolute atomic E-state index is 13.4. The van der Waals surface area contributed by atoms with E-state index in [-0.39, 0.29) is 18.5 Å². The van der Waals surface area contributed by atoms with Crippen molar-refractivity contribution in [2.24, 2.45) is 0 Å². The fraction of sp³-hybridized carbons (Fsp3) is 0.409. The highest BCUT2D eigenvalue weighted by Crippen LogP contribution is 2.23. The van der Waals surface area contributed by atoms with Crippen LogP contribution in [0.4, 0.5) is 13.2 Å². The van der Waals surface area contributed by atoms with Crippen molar-refractivity contribution in [2.45, 2.75) is 59.8 Å². The SMILES string of the molecule is CCc1noc(CN(C(=O)c2cc(C)nc3ccc(C)cc23)C(C)C)n1.O=C(O)C(F)(F)F. The highest BCUT2D eigenvalue weighted by molar-refractivity contribution is 6.06. The molecular formula is C22H25F3N4O4. The van der Waals surface area contributed by atoms with Crippen LogP contribution in [0.25, 0.3) is 10.9 Å². The molecule has 0 aliphatic carbocycles. The van der Waals surface area contributed by atoms with Gasteiger partial charge in [0.25, 0.3) is 5.91 Å². The number of nitrogens with zero attached hydrogens (tertiary/aromatic N) is 4. The number of carbonyl (C=O) groups is 2. The normalized spacial score (nSPS) is 11.3. The Bertz CT molecular complexity index is 1140. The molecule has 178 valence electrons. The summed E-state index contributed by atoms with van der Waals surface area (Å²) in [6.45, 7) is 10.1. The van der Waals surface area contributed by atoms with E-state index >= 15 is 0 Å². The van der Waals surface area contributed by atoms with Crippen LogP contribution in [0.1, 0.15) is 54.1 Å². The van der Waals surface area contributed by atoms with Gasteiger partial charge in [-0.1, -0.05) is 23.7 Å². The molecular weight excluding hydrogens is 441 g/mol. The molecule has 1 aromatic carbocycles. The van der Waals surface area contributed by atoms with E-state index in [1.54, 1.807) is 4.90 Å². The van der Waals surface area contributed by atoms with Crippen LogP contribution in [-0.4, -0.2) is 49.2 Å². The number of carboxylic acid groups (broad SMARTS) is 1. The summed E-state index contributed by atoms with van der Waals surface area (Å²) in [5, 5.41) is 11.9. The predicted molar refractivity (Wildman–Crippen MR) is 114 cm³/mol. The lowest BCUT2D eigenvalue weighted by Crippen LogP contribution is -2.36. The van der Waals surface area contributed by atoms with E-state index in [0.29, 0.717) is 23.7 Å². The van der Waals surface area contributed by atoms with Crippen LogP contribution in [0.5, 0.6) is 0 Å². The molecule has 0 unspecified atom stereocenters. The molecule has 1 N–H and O–H groups in total. The van der Waals surface area contributed by atoms with Crippen LogP contribution in [0, 0.1) is 13.8 Å². The van der Waals surface area contributed by atoms with E-state index in [2.05, 4.69) is 15.1 Å². The highest BCUT2D eigenvalue weighted by Gasteiger charge is 2.38. The van der Waals surface area contributed by atoms with E-state index < -0.39 is 12.1 Å². The third-order valence-electron chi connectivity index (χ3n) is 4.58. The number of fused-ring (bicyclic) bond motifs is 1. The largest absolute Gasteiger partial charge is 0.490 e. The van der Waals surface area contributed by atoms with Crippen molar-refractivity contribution in [1.29, 1.82) is 0 Å². The summed E-state index contributed by atoms with van der Waals surface area (Å²) < 4.78 is 37.0. The van der Waals surface area contributed by atoms with Gasteiger partial charge in [0, 0.05) is 23.5 Å². The number of aromatic nitrogens is 3. The first-order chi connectivity index (χ1) is 15.3. The van der Waals surface area contributed by atoms with E-state index in [9.17, 15) is 18.0 Å². The number of benzene rings is 1. The Balaban J connectivity index is 0.000000479. The van der Waals surface area contributed by atoms with Gasteiger partial charge in [-0.05, 0) is 45.9 Å². The minimum Gasteiger partial charge on any atom is -0.475 e. The summed E-state index contributed by atoms with van der Waals surface area (Å²) >= 11 is 0. The van der Waals surface area contributed by atoms with Crippen molar-refractivity contribution in [3.63, 3.8) is 0 Å².